The summed E-state index contributed by atoms with van der Waals surface area (Å²) in [6.45, 7) is 2.34. The second-order valence-corrected chi connectivity index (χ2v) is 6.11. The Balaban J connectivity index is 1.87. The van der Waals surface area contributed by atoms with Gasteiger partial charge in [0, 0.05) is 11.6 Å². The molecule has 0 bridgehead atoms. The first-order valence-corrected chi connectivity index (χ1v) is 8.20. The van der Waals surface area contributed by atoms with Crippen molar-refractivity contribution in [1.29, 1.82) is 0 Å². The van der Waals surface area contributed by atoms with E-state index in [4.69, 9.17) is 16.3 Å². The first-order chi connectivity index (χ1) is 12.3. The molecule has 0 spiro atoms. The summed E-state index contributed by atoms with van der Waals surface area (Å²) >= 11 is 5.79. The van der Waals surface area contributed by atoms with Crippen LogP contribution in [-0.2, 0) is 4.79 Å². The minimum absolute atomic E-state index is 0.315. The van der Waals surface area contributed by atoms with Crippen LogP contribution in [0, 0.1) is 17.5 Å². The van der Waals surface area contributed by atoms with Crippen molar-refractivity contribution in [3.63, 3.8) is 0 Å². The molecule has 1 amide bonds. The Morgan fingerprint density at radius 3 is 2.46 bits per heavy atom. The lowest BCUT2D eigenvalue weighted by Crippen LogP contribution is -2.41. The van der Waals surface area contributed by atoms with E-state index in [1.807, 2.05) is 0 Å². The number of nitrogens with one attached hydrogen (secondary N) is 1. The molecular weight excluding hydrogens is 369 g/mol. The van der Waals surface area contributed by atoms with Crippen LogP contribution in [-0.4, -0.2) is 37.0 Å². The van der Waals surface area contributed by atoms with Crippen LogP contribution in [0.2, 0.25) is 5.02 Å². The van der Waals surface area contributed by atoms with Gasteiger partial charge in [0.15, 0.2) is 17.5 Å². The molecule has 0 fully saturated rings. The molecule has 1 atom stereocenters. The molecule has 2 aromatic rings. The largest absolute Gasteiger partial charge is 0.492 e. The number of nitrogens with zero attached hydrogens (tertiary/aromatic N) is 1. The van der Waals surface area contributed by atoms with E-state index < -0.39 is 35.1 Å². The van der Waals surface area contributed by atoms with Crippen LogP contribution >= 0.6 is 11.6 Å². The lowest BCUT2D eigenvalue weighted by atomic mass is 10.2. The highest BCUT2D eigenvalue weighted by Gasteiger charge is 2.21. The molecule has 4 nitrogen and oxygen atoms in total. The molecule has 140 valence electrons. The van der Waals surface area contributed by atoms with E-state index in [2.05, 4.69) is 5.32 Å². The number of rotatable bonds is 7. The number of hydrogen-bond donors (Lipinski definition) is 1. The SMILES string of the molecule is C[C@@H](C(=O)Nc1ccc(F)c(F)c1F)N(C)CCOc1ccc(Cl)cc1. The minimum atomic E-state index is -1.62. The number of carbonyl (C=O) groups excluding carboxylic acids is 1. The van der Waals surface area contributed by atoms with Crippen LogP contribution in [0.3, 0.4) is 0 Å². The highest BCUT2D eigenvalue weighted by molar-refractivity contribution is 6.30. The van der Waals surface area contributed by atoms with Crippen LogP contribution in [0.15, 0.2) is 36.4 Å². The molecule has 1 N–H and O–H groups in total. The van der Waals surface area contributed by atoms with Crippen LogP contribution in [0.1, 0.15) is 6.92 Å². The van der Waals surface area contributed by atoms with E-state index in [-0.39, 0.29) is 0 Å². The van der Waals surface area contributed by atoms with E-state index in [0.717, 1.165) is 12.1 Å². The van der Waals surface area contributed by atoms with Crippen molar-refractivity contribution in [2.75, 3.05) is 25.5 Å². The van der Waals surface area contributed by atoms with Gasteiger partial charge in [0.05, 0.1) is 11.7 Å². The number of hydrogen-bond acceptors (Lipinski definition) is 3. The summed E-state index contributed by atoms with van der Waals surface area (Å²) in [5.74, 6) is -4.28. The van der Waals surface area contributed by atoms with Crippen LogP contribution in [0.25, 0.3) is 0 Å². The van der Waals surface area contributed by atoms with Crippen LogP contribution < -0.4 is 10.1 Å². The maximum atomic E-state index is 13.6. The van der Waals surface area contributed by atoms with Gasteiger partial charge in [-0.3, -0.25) is 9.69 Å². The van der Waals surface area contributed by atoms with Gasteiger partial charge in [0.2, 0.25) is 5.91 Å². The van der Waals surface area contributed by atoms with Crippen LogP contribution in [0.5, 0.6) is 5.75 Å². The minimum Gasteiger partial charge on any atom is -0.492 e. The third-order valence-corrected chi connectivity index (χ3v) is 4.11. The summed E-state index contributed by atoms with van der Waals surface area (Å²) in [6.07, 6.45) is 0. The highest BCUT2D eigenvalue weighted by atomic mass is 35.5. The monoisotopic (exact) mass is 386 g/mol. The summed E-state index contributed by atoms with van der Waals surface area (Å²) in [4.78, 5) is 13.9. The van der Waals surface area contributed by atoms with Crippen molar-refractivity contribution in [1.82, 2.24) is 4.90 Å². The molecule has 0 radical (unpaired) electrons. The highest BCUT2D eigenvalue weighted by Crippen LogP contribution is 2.20. The lowest BCUT2D eigenvalue weighted by molar-refractivity contribution is -0.120. The number of carbonyl (C=O) groups is 1. The van der Waals surface area contributed by atoms with Gasteiger partial charge in [-0.15, -0.1) is 0 Å². The quantitative estimate of drug-likeness (QED) is 0.728. The molecule has 0 aliphatic carbocycles. The average molecular weight is 387 g/mol. The molecule has 0 saturated heterocycles. The van der Waals surface area contributed by atoms with Gasteiger partial charge in [0.1, 0.15) is 12.4 Å². The van der Waals surface area contributed by atoms with Gasteiger partial charge >= 0.3 is 0 Å². The van der Waals surface area contributed by atoms with E-state index in [1.165, 1.54) is 0 Å². The van der Waals surface area contributed by atoms with Crippen molar-refractivity contribution in [2.45, 2.75) is 13.0 Å². The third kappa shape index (κ3) is 5.12. The molecule has 0 aliphatic rings. The van der Waals surface area contributed by atoms with Crippen molar-refractivity contribution < 1.29 is 22.7 Å². The molecule has 8 heteroatoms. The Bertz CT molecular complexity index is 772. The maximum absolute atomic E-state index is 13.6. The van der Waals surface area contributed by atoms with Crippen molar-refractivity contribution >= 4 is 23.2 Å². The Kier molecular flexibility index (Phi) is 6.88. The number of ether oxygens (including phenoxy) is 1. The summed E-state index contributed by atoms with van der Waals surface area (Å²) in [7, 11) is 1.69. The molecule has 0 aliphatic heterocycles. The van der Waals surface area contributed by atoms with Gasteiger partial charge in [-0.2, -0.15) is 0 Å². The Labute approximate surface area is 154 Å². The average Bonchev–Trinajstić information content (AvgIpc) is 2.63. The molecule has 2 rings (SSSR count). The molecule has 26 heavy (non-hydrogen) atoms. The van der Waals surface area contributed by atoms with Gasteiger partial charge < -0.3 is 10.1 Å². The smallest absolute Gasteiger partial charge is 0.241 e. The van der Waals surface area contributed by atoms with Crippen LogP contribution in [0.4, 0.5) is 18.9 Å². The second kappa shape index (κ2) is 8.91. The summed E-state index contributed by atoms with van der Waals surface area (Å²) in [5.41, 5.74) is -0.411. The van der Waals surface area contributed by atoms with Crippen molar-refractivity contribution in [3.05, 3.63) is 58.9 Å². The van der Waals surface area contributed by atoms with Gasteiger partial charge in [-0.05, 0) is 50.4 Å². The summed E-state index contributed by atoms with van der Waals surface area (Å²) in [5, 5.41) is 2.86. The van der Waals surface area contributed by atoms with Gasteiger partial charge in [-0.25, -0.2) is 13.2 Å². The summed E-state index contributed by atoms with van der Waals surface area (Å²) < 4.78 is 45.3. The zero-order valence-corrected chi connectivity index (χ0v) is 15.0. The number of likely N-dealkylation sites (N-methyl/N-ethyl adjacent to an activating group) is 1. The lowest BCUT2D eigenvalue weighted by Gasteiger charge is -2.24. The fourth-order valence-corrected chi connectivity index (χ4v) is 2.22. The Hall–Kier alpha value is -2.25. The molecule has 0 heterocycles. The van der Waals surface area contributed by atoms with E-state index in [1.54, 1.807) is 43.1 Å². The predicted molar refractivity (Wildman–Crippen MR) is 94.0 cm³/mol. The number of benzene rings is 2. The molecule has 0 aromatic heterocycles. The normalized spacial score (nSPS) is 12.1. The number of halogens is 4. The first-order valence-electron chi connectivity index (χ1n) is 7.82. The zero-order chi connectivity index (χ0) is 19.3. The fraction of sp³-hybridized carbons (Fsp3) is 0.278. The van der Waals surface area contributed by atoms with E-state index in [0.29, 0.717) is 23.9 Å². The zero-order valence-electron chi connectivity index (χ0n) is 14.2. The fourth-order valence-electron chi connectivity index (χ4n) is 2.09. The summed E-state index contributed by atoms with van der Waals surface area (Å²) in [6, 6.07) is 7.94. The number of amides is 1. The molecule has 0 saturated carbocycles. The van der Waals surface area contributed by atoms with E-state index in [9.17, 15) is 18.0 Å². The van der Waals surface area contributed by atoms with Crippen molar-refractivity contribution in [3.8, 4) is 5.75 Å². The second-order valence-electron chi connectivity index (χ2n) is 5.67. The number of anilines is 1. The first kappa shape index (κ1) is 20.1. The standard InChI is InChI=1S/C18H18ClF3N2O2/c1-11(18(25)23-15-8-7-14(20)16(21)17(15)22)24(2)9-10-26-13-5-3-12(19)4-6-13/h3-8,11H,9-10H2,1-2H3,(H,23,25)/t11-/m0/s1. The van der Waals surface area contributed by atoms with E-state index >= 15 is 0 Å². The molecule has 0 unspecified atom stereocenters. The molecule has 2 aromatic carbocycles. The topological polar surface area (TPSA) is 41.6 Å². The third-order valence-electron chi connectivity index (χ3n) is 3.86. The van der Waals surface area contributed by atoms with Crippen molar-refractivity contribution in [2.24, 2.45) is 0 Å². The van der Waals surface area contributed by atoms with Gasteiger partial charge in [0.25, 0.3) is 0 Å². The maximum Gasteiger partial charge on any atom is 0.241 e. The Morgan fingerprint density at radius 2 is 1.81 bits per heavy atom. The van der Waals surface area contributed by atoms with Gasteiger partial charge in [-0.1, -0.05) is 11.6 Å². The Morgan fingerprint density at radius 1 is 1.15 bits per heavy atom. The molecular formula is C18H18ClF3N2O2. The predicted octanol–water partition coefficient (Wildman–Crippen LogP) is 4.10.